The summed E-state index contributed by atoms with van der Waals surface area (Å²) in [6.07, 6.45) is 4.30. The molecular formula is C18H26BrN3O. The smallest absolute Gasteiger partial charge is 0.194 e. The van der Waals surface area contributed by atoms with Crippen LogP contribution in [-0.2, 0) is 5.41 Å². The summed E-state index contributed by atoms with van der Waals surface area (Å²) < 4.78 is 1.14. The normalized spacial score (nSPS) is 23.7. The highest BCUT2D eigenvalue weighted by Crippen LogP contribution is 2.44. The number of β-amino-alcohol motifs (C(OH)–C–C–N with tert-alkyl or cyclic N) is 1. The van der Waals surface area contributed by atoms with Crippen molar-refractivity contribution in [3.05, 3.63) is 34.3 Å². The molecule has 2 fully saturated rings. The van der Waals surface area contributed by atoms with Gasteiger partial charge in [-0.15, -0.1) is 0 Å². The Kier molecular flexibility index (Phi) is 5.27. The zero-order chi connectivity index (χ0) is 16.3. The topological polar surface area (TPSA) is 47.9 Å². The molecule has 0 bridgehead atoms. The lowest BCUT2D eigenvalue weighted by atomic mass is 9.64. The van der Waals surface area contributed by atoms with Gasteiger partial charge in [0.1, 0.15) is 0 Å². The van der Waals surface area contributed by atoms with Gasteiger partial charge in [0.05, 0.1) is 12.6 Å². The van der Waals surface area contributed by atoms with Crippen LogP contribution in [0, 0.1) is 0 Å². The van der Waals surface area contributed by atoms with Gasteiger partial charge in [-0.05, 0) is 43.9 Å². The van der Waals surface area contributed by atoms with E-state index in [1.54, 1.807) is 0 Å². The molecular weight excluding hydrogens is 354 g/mol. The number of aliphatic imine (C=N–C) groups is 1. The molecule has 1 atom stereocenters. The van der Waals surface area contributed by atoms with Gasteiger partial charge in [-0.25, -0.2) is 0 Å². The van der Waals surface area contributed by atoms with Crippen LogP contribution in [0.1, 0.15) is 38.2 Å². The van der Waals surface area contributed by atoms with Crippen LogP contribution in [0.2, 0.25) is 0 Å². The summed E-state index contributed by atoms with van der Waals surface area (Å²) >= 11 is 3.59. The molecule has 0 radical (unpaired) electrons. The second-order valence-corrected chi connectivity index (χ2v) is 7.62. The minimum absolute atomic E-state index is 0.183. The monoisotopic (exact) mass is 379 g/mol. The summed E-state index contributed by atoms with van der Waals surface area (Å²) in [5, 5.41) is 13.2. The van der Waals surface area contributed by atoms with Gasteiger partial charge in [-0.3, -0.25) is 4.99 Å². The van der Waals surface area contributed by atoms with E-state index in [4.69, 9.17) is 4.99 Å². The quantitative estimate of drug-likeness (QED) is 0.624. The van der Waals surface area contributed by atoms with Gasteiger partial charge in [0.2, 0.25) is 0 Å². The first-order valence-electron chi connectivity index (χ1n) is 8.60. The number of hydrogen-bond acceptors (Lipinski definition) is 2. The Morgan fingerprint density at radius 2 is 2.30 bits per heavy atom. The van der Waals surface area contributed by atoms with Crippen molar-refractivity contribution in [2.45, 2.75) is 44.1 Å². The molecule has 1 aromatic rings. The Morgan fingerprint density at radius 3 is 2.87 bits per heavy atom. The minimum Gasteiger partial charge on any atom is -0.391 e. The number of guanidine groups is 1. The highest BCUT2D eigenvalue weighted by molar-refractivity contribution is 9.10. The molecule has 1 saturated heterocycles. The number of aliphatic hydroxyl groups is 1. The van der Waals surface area contributed by atoms with Gasteiger partial charge in [0.25, 0.3) is 0 Å². The van der Waals surface area contributed by atoms with Crippen LogP contribution in [0.25, 0.3) is 0 Å². The molecule has 126 valence electrons. The van der Waals surface area contributed by atoms with Crippen molar-refractivity contribution in [3.63, 3.8) is 0 Å². The Bertz CT molecular complexity index is 571. The van der Waals surface area contributed by atoms with E-state index in [1.165, 1.54) is 24.8 Å². The third-order valence-corrected chi connectivity index (χ3v) is 5.57. The van der Waals surface area contributed by atoms with Crippen molar-refractivity contribution in [1.29, 1.82) is 0 Å². The summed E-state index contributed by atoms with van der Waals surface area (Å²) in [5.74, 6) is 0.949. The van der Waals surface area contributed by atoms with Crippen molar-refractivity contribution in [2.24, 2.45) is 4.99 Å². The zero-order valence-electron chi connectivity index (χ0n) is 13.8. The van der Waals surface area contributed by atoms with Gasteiger partial charge >= 0.3 is 0 Å². The predicted octanol–water partition coefficient (Wildman–Crippen LogP) is 2.90. The SMILES string of the molecule is CCNC(=NCC1(c2cccc(Br)c2)CCC1)N1CC[C@@H](O)C1. The predicted molar refractivity (Wildman–Crippen MR) is 97.8 cm³/mol. The first kappa shape index (κ1) is 16.8. The molecule has 4 nitrogen and oxygen atoms in total. The molecule has 0 amide bonds. The molecule has 0 unspecified atom stereocenters. The van der Waals surface area contributed by atoms with Crippen LogP contribution in [0.4, 0.5) is 0 Å². The molecule has 0 spiro atoms. The van der Waals surface area contributed by atoms with Gasteiger partial charge in [0.15, 0.2) is 5.96 Å². The molecule has 1 aliphatic heterocycles. The third-order valence-electron chi connectivity index (χ3n) is 5.08. The van der Waals surface area contributed by atoms with Crippen LogP contribution >= 0.6 is 15.9 Å². The average Bonchev–Trinajstić information content (AvgIpc) is 2.91. The number of halogens is 1. The van der Waals surface area contributed by atoms with Crippen molar-refractivity contribution in [2.75, 3.05) is 26.2 Å². The van der Waals surface area contributed by atoms with Crippen molar-refractivity contribution >= 4 is 21.9 Å². The maximum absolute atomic E-state index is 9.78. The maximum atomic E-state index is 9.78. The Labute approximate surface area is 147 Å². The fourth-order valence-corrected chi connectivity index (χ4v) is 3.95. The Balaban J connectivity index is 1.77. The standard InChI is InChI=1S/C18H26BrN3O/c1-2-20-17(22-10-7-16(23)12-22)21-13-18(8-4-9-18)14-5-3-6-15(19)11-14/h3,5-6,11,16,23H,2,4,7-10,12-13H2,1H3,(H,20,21)/t16-/m1/s1. The van der Waals surface area contributed by atoms with Gasteiger partial charge < -0.3 is 15.3 Å². The first-order valence-corrected chi connectivity index (χ1v) is 9.40. The summed E-state index contributed by atoms with van der Waals surface area (Å²) in [6.45, 7) is 5.34. The highest BCUT2D eigenvalue weighted by atomic mass is 79.9. The fourth-order valence-electron chi connectivity index (χ4n) is 3.55. The van der Waals surface area contributed by atoms with E-state index in [-0.39, 0.29) is 11.5 Å². The minimum atomic E-state index is -0.221. The molecule has 5 heteroatoms. The second-order valence-electron chi connectivity index (χ2n) is 6.70. The number of likely N-dealkylation sites (tertiary alicyclic amines) is 1. The number of aliphatic hydroxyl groups excluding tert-OH is 1. The third kappa shape index (κ3) is 3.72. The maximum Gasteiger partial charge on any atom is 0.194 e. The molecule has 1 aromatic carbocycles. The van der Waals surface area contributed by atoms with Crippen LogP contribution in [0.3, 0.4) is 0 Å². The summed E-state index contributed by atoms with van der Waals surface area (Å²) in [5.41, 5.74) is 1.57. The van der Waals surface area contributed by atoms with Crippen LogP contribution in [0.15, 0.2) is 33.7 Å². The first-order chi connectivity index (χ1) is 11.1. The van der Waals surface area contributed by atoms with Gasteiger partial charge in [-0.2, -0.15) is 0 Å². The largest absolute Gasteiger partial charge is 0.391 e. The Hall–Kier alpha value is -1.07. The molecule has 0 aromatic heterocycles. The van der Waals surface area contributed by atoms with Crippen LogP contribution < -0.4 is 5.32 Å². The van der Waals surface area contributed by atoms with Gasteiger partial charge in [0, 0.05) is 29.5 Å². The molecule has 23 heavy (non-hydrogen) atoms. The number of nitrogens with zero attached hydrogens (tertiary/aromatic N) is 2. The average molecular weight is 380 g/mol. The number of hydrogen-bond donors (Lipinski definition) is 2. The van der Waals surface area contributed by atoms with Crippen molar-refractivity contribution in [1.82, 2.24) is 10.2 Å². The highest BCUT2D eigenvalue weighted by Gasteiger charge is 2.39. The number of rotatable bonds is 4. The fraction of sp³-hybridized carbons (Fsp3) is 0.611. The van der Waals surface area contributed by atoms with Crippen molar-refractivity contribution in [3.8, 4) is 0 Å². The summed E-state index contributed by atoms with van der Waals surface area (Å²) in [6, 6.07) is 8.66. The molecule has 1 aliphatic carbocycles. The van der Waals surface area contributed by atoms with E-state index in [1.807, 2.05) is 0 Å². The number of benzene rings is 1. The lowest BCUT2D eigenvalue weighted by molar-refractivity contribution is 0.187. The zero-order valence-corrected chi connectivity index (χ0v) is 15.3. The molecule has 3 rings (SSSR count). The van der Waals surface area contributed by atoms with E-state index in [0.717, 1.165) is 36.5 Å². The van der Waals surface area contributed by atoms with E-state index < -0.39 is 0 Å². The molecule has 2 aliphatic rings. The number of nitrogens with one attached hydrogen (secondary N) is 1. The lowest BCUT2D eigenvalue weighted by Crippen LogP contribution is -2.43. The van der Waals surface area contributed by atoms with Crippen LogP contribution in [-0.4, -0.2) is 48.2 Å². The van der Waals surface area contributed by atoms with E-state index >= 15 is 0 Å². The van der Waals surface area contributed by atoms with E-state index in [0.29, 0.717) is 6.54 Å². The molecule has 2 N–H and O–H groups in total. The molecule has 1 heterocycles. The lowest BCUT2D eigenvalue weighted by Gasteiger charge is -2.41. The van der Waals surface area contributed by atoms with E-state index in [9.17, 15) is 5.11 Å². The molecule has 1 saturated carbocycles. The summed E-state index contributed by atoms with van der Waals surface area (Å²) in [4.78, 5) is 7.12. The van der Waals surface area contributed by atoms with Crippen molar-refractivity contribution < 1.29 is 5.11 Å². The van der Waals surface area contributed by atoms with Gasteiger partial charge in [-0.1, -0.05) is 34.5 Å². The Morgan fingerprint density at radius 1 is 1.48 bits per heavy atom. The van der Waals surface area contributed by atoms with E-state index in [2.05, 4.69) is 57.3 Å². The second kappa shape index (κ2) is 7.22. The van der Waals surface area contributed by atoms with Crippen LogP contribution in [0.5, 0.6) is 0 Å². The summed E-state index contributed by atoms with van der Waals surface area (Å²) in [7, 11) is 0.